The molecule has 0 spiro atoms. The molecule has 0 aliphatic carbocycles. The molecule has 0 bridgehead atoms. The largest absolute Gasteiger partial charge is 0.338 e. The van der Waals surface area contributed by atoms with Crippen LogP contribution in [0.2, 0.25) is 0 Å². The molecule has 30 heavy (non-hydrogen) atoms. The van der Waals surface area contributed by atoms with Gasteiger partial charge in [-0.15, -0.1) is 0 Å². The average Bonchev–Trinajstić information content (AvgIpc) is 3.01. The number of carbonyl (C=O) groups is 2. The summed E-state index contributed by atoms with van der Waals surface area (Å²) in [4.78, 5) is 24.8. The van der Waals surface area contributed by atoms with Crippen molar-refractivity contribution >= 4 is 23.3 Å². The van der Waals surface area contributed by atoms with Crippen LogP contribution in [-0.4, -0.2) is 29.2 Å². The molecule has 6 nitrogen and oxygen atoms in total. The number of carbonyl (C=O) groups excluding carboxylic acids is 2. The fraction of sp³-hybridized carbons (Fsp3) is 0.318. The normalized spacial score (nSPS) is 15.9. The van der Waals surface area contributed by atoms with Crippen molar-refractivity contribution < 1.29 is 18.4 Å². The molecule has 1 aliphatic rings. The van der Waals surface area contributed by atoms with E-state index in [0.29, 0.717) is 25.5 Å². The van der Waals surface area contributed by atoms with Gasteiger partial charge in [0.25, 0.3) is 5.91 Å². The minimum atomic E-state index is -0.858. The number of rotatable bonds is 7. The Morgan fingerprint density at radius 3 is 2.67 bits per heavy atom. The summed E-state index contributed by atoms with van der Waals surface area (Å²) in [7, 11) is 0. The third kappa shape index (κ3) is 5.00. The first kappa shape index (κ1) is 21.4. The first-order valence-electron chi connectivity index (χ1n) is 9.82. The zero-order chi connectivity index (χ0) is 21.7. The maximum absolute atomic E-state index is 13.6. The van der Waals surface area contributed by atoms with Gasteiger partial charge in [0.15, 0.2) is 0 Å². The number of amides is 3. The van der Waals surface area contributed by atoms with E-state index >= 15 is 0 Å². The molecule has 158 valence electrons. The van der Waals surface area contributed by atoms with E-state index in [1.807, 2.05) is 38.1 Å². The monoisotopic (exact) mass is 414 g/mol. The van der Waals surface area contributed by atoms with Crippen LogP contribution in [0.4, 0.5) is 19.3 Å². The summed E-state index contributed by atoms with van der Waals surface area (Å²) in [5, 5.41) is 10.9. The van der Waals surface area contributed by atoms with Gasteiger partial charge in [-0.1, -0.05) is 31.2 Å². The molecule has 1 unspecified atom stereocenters. The summed E-state index contributed by atoms with van der Waals surface area (Å²) in [6.07, 6.45) is 1.02. The lowest BCUT2D eigenvalue weighted by Gasteiger charge is -2.16. The number of nitrogens with zero attached hydrogens (tertiary/aromatic N) is 2. The lowest BCUT2D eigenvalue weighted by atomic mass is 9.97. The smallest absolute Gasteiger partial charge is 0.319 e. The number of aryl methyl sites for hydroxylation is 1. The molecule has 3 amide bonds. The Balaban J connectivity index is 1.54. The van der Waals surface area contributed by atoms with Crippen molar-refractivity contribution in [3.63, 3.8) is 0 Å². The Morgan fingerprint density at radius 2 is 1.97 bits per heavy atom. The maximum atomic E-state index is 13.6. The van der Waals surface area contributed by atoms with E-state index in [-0.39, 0.29) is 18.1 Å². The van der Waals surface area contributed by atoms with Gasteiger partial charge in [-0.2, -0.15) is 5.10 Å². The molecule has 0 saturated heterocycles. The van der Waals surface area contributed by atoms with Crippen LogP contribution in [0.3, 0.4) is 0 Å². The summed E-state index contributed by atoms with van der Waals surface area (Å²) < 4.78 is 26.6. The summed E-state index contributed by atoms with van der Waals surface area (Å²) in [5.41, 5.74) is 2.78. The molecule has 0 fully saturated rings. The summed E-state index contributed by atoms with van der Waals surface area (Å²) in [6, 6.07) is 10.1. The predicted molar refractivity (Wildman–Crippen MR) is 111 cm³/mol. The van der Waals surface area contributed by atoms with Crippen LogP contribution in [0.25, 0.3) is 0 Å². The quantitative estimate of drug-likeness (QED) is 0.712. The topological polar surface area (TPSA) is 73.8 Å². The second-order valence-electron chi connectivity index (χ2n) is 7.11. The van der Waals surface area contributed by atoms with Crippen LogP contribution < -0.4 is 10.6 Å². The molecule has 1 heterocycles. The summed E-state index contributed by atoms with van der Waals surface area (Å²) in [5.74, 6) is -2.08. The zero-order valence-corrected chi connectivity index (χ0v) is 16.9. The van der Waals surface area contributed by atoms with Crippen LogP contribution in [-0.2, 0) is 11.3 Å². The van der Waals surface area contributed by atoms with E-state index in [1.165, 1.54) is 5.01 Å². The van der Waals surface area contributed by atoms with Gasteiger partial charge in [-0.25, -0.2) is 18.6 Å². The molecule has 0 saturated carbocycles. The highest BCUT2D eigenvalue weighted by molar-refractivity contribution is 6.07. The molecule has 2 N–H and O–H groups in total. The van der Waals surface area contributed by atoms with Gasteiger partial charge in [-0.3, -0.25) is 4.79 Å². The predicted octanol–water partition coefficient (Wildman–Crippen LogP) is 4.21. The first-order chi connectivity index (χ1) is 14.4. The minimum absolute atomic E-state index is 0.0955. The van der Waals surface area contributed by atoms with Crippen molar-refractivity contribution in [2.24, 2.45) is 11.0 Å². The number of halogens is 2. The molecular weight excluding hydrogens is 390 g/mol. The Morgan fingerprint density at radius 1 is 1.20 bits per heavy atom. The number of hydrazone groups is 1. The van der Waals surface area contributed by atoms with Crippen LogP contribution in [0.5, 0.6) is 0 Å². The van der Waals surface area contributed by atoms with Crippen molar-refractivity contribution in [3.8, 4) is 0 Å². The number of benzene rings is 2. The van der Waals surface area contributed by atoms with Crippen LogP contribution in [0.1, 0.15) is 30.9 Å². The van der Waals surface area contributed by atoms with E-state index in [1.54, 1.807) is 0 Å². The standard InChI is InChI=1S/C22H24F2N4O2/c1-3-19-17(21(29)28(27-19)13-15-7-5-4-6-14(15)2)10-11-25-22(30)26-20-9-8-16(23)12-18(20)24/h4-9,12,17H,3,10-11,13H2,1-2H3,(H2,25,26,30). The molecule has 0 aromatic heterocycles. The van der Waals surface area contributed by atoms with E-state index in [2.05, 4.69) is 15.7 Å². The minimum Gasteiger partial charge on any atom is -0.338 e. The molecule has 8 heteroatoms. The molecule has 3 rings (SSSR count). The van der Waals surface area contributed by atoms with E-state index < -0.39 is 23.6 Å². The van der Waals surface area contributed by atoms with Crippen molar-refractivity contribution in [2.75, 3.05) is 11.9 Å². The third-order valence-electron chi connectivity index (χ3n) is 5.05. The molecule has 2 aromatic carbocycles. The molecule has 1 aliphatic heterocycles. The van der Waals surface area contributed by atoms with E-state index in [9.17, 15) is 18.4 Å². The lowest BCUT2D eigenvalue weighted by molar-refractivity contribution is -0.132. The first-order valence-corrected chi connectivity index (χ1v) is 9.82. The van der Waals surface area contributed by atoms with Gasteiger partial charge in [-0.05, 0) is 43.0 Å². The van der Waals surface area contributed by atoms with Crippen LogP contribution >= 0.6 is 0 Å². The Hall–Kier alpha value is -3.29. The fourth-order valence-electron chi connectivity index (χ4n) is 3.35. The number of hydrogen-bond acceptors (Lipinski definition) is 3. The number of urea groups is 1. The number of nitrogens with one attached hydrogen (secondary N) is 2. The van der Waals surface area contributed by atoms with Gasteiger partial charge in [0.05, 0.1) is 23.9 Å². The Kier molecular flexibility index (Phi) is 6.76. The highest BCUT2D eigenvalue weighted by Crippen LogP contribution is 2.23. The second kappa shape index (κ2) is 9.47. The van der Waals surface area contributed by atoms with Gasteiger partial charge in [0, 0.05) is 12.6 Å². The van der Waals surface area contributed by atoms with Crippen LogP contribution in [0.15, 0.2) is 47.6 Å². The van der Waals surface area contributed by atoms with Gasteiger partial charge >= 0.3 is 6.03 Å². The number of hydrogen-bond donors (Lipinski definition) is 2. The van der Waals surface area contributed by atoms with E-state index in [4.69, 9.17) is 0 Å². The van der Waals surface area contributed by atoms with Gasteiger partial charge in [0.2, 0.25) is 0 Å². The SMILES string of the molecule is CCC1=NN(Cc2ccccc2C)C(=O)C1CCNC(=O)Nc1ccc(F)cc1F. The summed E-state index contributed by atoms with van der Waals surface area (Å²) >= 11 is 0. The fourth-order valence-corrected chi connectivity index (χ4v) is 3.35. The zero-order valence-electron chi connectivity index (χ0n) is 16.9. The molecule has 1 atom stereocenters. The van der Waals surface area contributed by atoms with Crippen molar-refractivity contribution in [2.45, 2.75) is 33.2 Å². The van der Waals surface area contributed by atoms with Gasteiger partial charge < -0.3 is 10.6 Å². The van der Waals surface area contributed by atoms with Gasteiger partial charge in [0.1, 0.15) is 11.6 Å². The Bertz CT molecular complexity index is 977. The molecular formula is C22H24F2N4O2. The second-order valence-corrected chi connectivity index (χ2v) is 7.11. The maximum Gasteiger partial charge on any atom is 0.319 e. The summed E-state index contributed by atoms with van der Waals surface area (Å²) in [6.45, 7) is 4.55. The van der Waals surface area contributed by atoms with Crippen LogP contribution in [0, 0.1) is 24.5 Å². The lowest BCUT2D eigenvalue weighted by Crippen LogP contribution is -2.34. The highest BCUT2D eigenvalue weighted by Gasteiger charge is 2.34. The Labute approximate surface area is 174 Å². The average molecular weight is 414 g/mol. The van der Waals surface area contributed by atoms with Crippen molar-refractivity contribution in [1.29, 1.82) is 0 Å². The van der Waals surface area contributed by atoms with E-state index in [0.717, 1.165) is 29.0 Å². The third-order valence-corrected chi connectivity index (χ3v) is 5.05. The van der Waals surface area contributed by atoms with Crippen molar-refractivity contribution in [1.82, 2.24) is 10.3 Å². The number of anilines is 1. The van der Waals surface area contributed by atoms with Crippen molar-refractivity contribution in [3.05, 3.63) is 65.2 Å². The highest BCUT2D eigenvalue weighted by atomic mass is 19.1. The molecule has 2 aromatic rings. The molecule has 0 radical (unpaired) electrons.